The Bertz CT molecular complexity index is 404. The van der Waals surface area contributed by atoms with Crippen molar-refractivity contribution in [2.24, 2.45) is 5.73 Å². The van der Waals surface area contributed by atoms with Crippen molar-refractivity contribution in [1.29, 1.82) is 0 Å². The van der Waals surface area contributed by atoms with E-state index in [1.807, 2.05) is 17.9 Å². The summed E-state index contributed by atoms with van der Waals surface area (Å²) in [4.78, 5) is 17.1. The van der Waals surface area contributed by atoms with E-state index in [4.69, 9.17) is 11.5 Å². The number of nitrogens with two attached hydrogens (primary N) is 2. The van der Waals surface area contributed by atoms with Crippen molar-refractivity contribution >= 4 is 17.4 Å². The fourth-order valence-corrected chi connectivity index (χ4v) is 1.72. The monoisotopic (exact) mass is 206 g/mol. The highest BCUT2D eigenvalue weighted by Crippen LogP contribution is 2.30. The second-order valence-corrected chi connectivity index (χ2v) is 3.77. The second kappa shape index (κ2) is 3.42. The molecular formula is C10H14N4O. The second-order valence-electron chi connectivity index (χ2n) is 3.77. The molecule has 0 spiro atoms. The van der Waals surface area contributed by atoms with Gasteiger partial charge >= 0.3 is 0 Å². The first kappa shape index (κ1) is 9.76. The Morgan fingerprint density at radius 3 is 2.93 bits per heavy atom. The molecule has 0 aromatic carbocycles. The molecule has 0 bridgehead atoms. The Morgan fingerprint density at radius 2 is 2.40 bits per heavy atom. The molecule has 1 aromatic rings. The Kier molecular flexibility index (Phi) is 2.22. The number of rotatable bonds is 2. The fraction of sp³-hybridized carbons (Fsp3) is 0.400. The van der Waals surface area contributed by atoms with Crippen LogP contribution in [0.15, 0.2) is 12.3 Å². The number of aromatic nitrogens is 1. The molecule has 1 aliphatic rings. The minimum absolute atomic E-state index is 0.249. The summed E-state index contributed by atoms with van der Waals surface area (Å²) in [6, 6.07) is 1.60. The van der Waals surface area contributed by atoms with Crippen molar-refractivity contribution in [2.75, 3.05) is 17.2 Å². The molecule has 15 heavy (non-hydrogen) atoms. The van der Waals surface area contributed by atoms with Crippen LogP contribution in [0.1, 0.15) is 12.0 Å². The van der Waals surface area contributed by atoms with Gasteiger partial charge in [-0.3, -0.25) is 4.79 Å². The molecule has 0 saturated carbocycles. The molecule has 4 N–H and O–H groups in total. The first-order valence-electron chi connectivity index (χ1n) is 4.88. The minimum atomic E-state index is -0.316. The maximum absolute atomic E-state index is 11.1. The van der Waals surface area contributed by atoms with E-state index in [0.29, 0.717) is 11.5 Å². The third kappa shape index (κ3) is 1.49. The summed E-state index contributed by atoms with van der Waals surface area (Å²) in [5.41, 5.74) is 12.8. The number of anilines is 2. The lowest BCUT2D eigenvalue weighted by Crippen LogP contribution is -2.55. The highest BCUT2D eigenvalue weighted by Gasteiger charge is 2.34. The van der Waals surface area contributed by atoms with Gasteiger partial charge in [-0.2, -0.15) is 0 Å². The van der Waals surface area contributed by atoms with E-state index in [0.717, 1.165) is 18.5 Å². The normalized spacial score (nSPS) is 19.8. The Balaban J connectivity index is 2.31. The van der Waals surface area contributed by atoms with E-state index >= 15 is 0 Å². The van der Waals surface area contributed by atoms with Crippen LogP contribution in [-0.2, 0) is 4.79 Å². The first-order valence-corrected chi connectivity index (χ1v) is 4.88. The zero-order valence-corrected chi connectivity index (χ0v) is 8.60. The van der Waals surface area contributed by atoms with Crippen molar-refractivity contribution in [3.63, 3.8) is 0 Å². The summed E-state index contributed by atoms with van der Waals surface area (Å²) in [7, 11) is 0. The van der Waals surface area contributed by atoms with Gasteiger partial charge in [-0.05, 0) is 25.0 Å². The van der Waals surface area contributed by atoms with Gasteiger partial charge in [-0.25, -0.2) is 4.98 Å². The summed E-state index contributed by atoms with van der Waals surface area (Å²) in [6.07, 6.45) is 2.47. The van der Waals surface area contributed by atoms with E-state index < -0.39 is 0 Å². The maximum atomic E-state index is 11.1. The van der Waals surface area contributed by atoms with Crippen molar-refractivity contribution in [3.8, 4) is 0 Å². The highest BCUT2D eigenvalue weighted by molar-refractivity contribution is 5.86. The van der Waals surface area contributed by atoms with Crippen LogP contribution in [0.25, 0.3) is 0 Å². The van der Waals surface area contributed by atoms with Gasteiger partial charge in [0.25, 0.3) is 0 Å². The molecule has 5 heteroatoms. The number of amides is 1. The van der Waals surface area contributed by atoms with Gasteiger partial charge in [0.15, 0.2) is 5.82 Å². The average molecular weight is 206 g/mol. The molecule has 5 nitrogen and oxygen atoms in total. The maximum Gasteiger partial charge on any atom is 0.240 e. The van der Waals surface area contributed by atoms with Crippen molar-refractivity contribution in [2.45, 2.75) is 19.4 Å². The molecule has 0 aliphatic carbocycles. The molecule has 80 valence electrons. The van der Waals surface area contributed by atoms with Gasteiger partial charge in [-0.15, -0.1) is 0 Å². The predicted octanol–water partition coefficient (Wildman–Crippen LogP) is 0.0362. The molecular weight excluding hydrogens is 192 g/mol. The van der Waals surface area contributed by atoms with Gasteiger partial charge in [0.05, 0.1) is 5.69 Å². The Morgan fingerprint density at radius 1 is 1.67 bits per heavy atom. The number of hydrogen-bond acceptors (Lipinski definition) is 4. The molecule has 1 amide bonds. The zero-order chi connectivity index (χ0) is 11.0. The third-order valence-electron chi connectivity index (χ3n) is 2.81. The van der Waals surface area contributed by atoms with Crippen LogP contribution in [0.4, 0.5) is 11.5 Å². The summed E-state index contributed by atoms with van der Waals surface area (Å²) < 4.78 is 0. The summed E-state index contributed by atoms with van der Waals surface area (Å²) in [6.45, 7) is 2.70. The molecule has 1 fully saturated rings. The fourth-order valence-electron chi connectivity index (χ4n) is 1.72. The lowest BCUT2D eigenvalue weighted by molar-refractivity contribution is -0.120. The SMILES string of the molecule is Cc1ccnc(N2CCC2C(N)=O)c1N. The van der Waals surface area contributed by atoms with Crippen LogP contribution in [0, 0.1) is 6.92 Å². The zero-order valence-electron chi connectivity index (χ0n) is 8.60. The molecule has 1 atom stereocenters. The van der Waals surface area contributed by atoms with E-state index in [2.05, 4.69) is 4.98 Å². The quantitative estimate of drug-likeness (QED) is 0.715. The Hall–Kier alpha value is -1.78. The summed E-state index contributed by atoms with van der Waals surface area (Å²) in [5.74, 6) is 0.356. The van der Waals surface area contributed by atoms with Crippen molar-refractivity contribution in [1.82, 2.24) is 4.98 Å². The topological polar surface area (TPSA) is 85.2 Å². The van der Waals surface area contributed by atoms with Gasteiger partial charge in [0.1, 0.15) is 6.04 Å². The Labute approximate surface area is 88.1 Å². The van der Waals surface area contributed by atoms with Gasteiger partial charge in [0.2, 0.25) is 5.91 Å². The molecule has 1 saturated heterocycles. The van der Waals surface area contributed by atoms with Crippen LogP contribution < -0.4 is 16.4 Å². The number of pyridine rings is 1. The van der Waals surface area contributed by atoms with Crippen molar-refractivity contribution in [3.05, 3.63) is 17.8 Å². The number of carbonyl (C=O) groups is 1. The smallest absolute Gasteiger partial charge is 0.240 e. The predicted molar refractivity (Wildman–Crippen MR) is 58.3 cm³/mol. The van der Waals surface area contributed by atoms with Crippen LogP contribution in [-0.4, -0.2) is 23.5 Å². The number of aryl methyl sites for hydroxylation is 1. The number of nitrogen functional groups attached to an aromatic ring is 1. The van der Waals surface area contributed by atoms with E-state index in [-0.39, 0.29) is 11.9 Å². The summed E-state index contributed by atoms with van der Waals surface area (Å²) >= 11 is 0. The van der Waals surface area contributed by atoms with E-state index in [1.54, 1.807) is 6.20 Å². The summed E-state index contributed by atoms with van der Waals surface area (Å²) in [5, 5.41) is 0. The molecule has 0 radical (unpaired) electrons. The van der Waals surface area contributed by atoms with E-state index in [1.165, 1.54) is 0 Å². The molecule has 2 rings (SSSR count). The van der Waals surface area contributed by atoms with Gasteiger partial charge in [0, 0.05) is 12.7 Å². The van der Waals surface area contributed by atoms with Crippen LogP contribution in [0.2, 0.25) is 0 Å². The standard InChI is InChI=1S/C10H14N4O/c1-6-2-4-13-10(8(6)11)14-5-3-7(14)9(12)15/h2,4,7H,3,5,11H2,1H3,(H2,12,15). The number of carbonyl (C=O) groups excluding carboxylic acids is 1. The number of hydrogen-bond donors (Lipinski definition) is 2. The average Bonchev–Trinajstić information content (AvgIpc) is 2.10. The van der Waals surface area contributed by atoms with Gasteiger partial charge < -0.3 is 16.4 Å². The largest absolute Gasteiger partial charge is 0.396 e. The van der Waals surface area contributed by atoms with Crippen LogP contribution in [0.3, 0.4) is 0 Å². The minimum Gasteiger partial charge on any atom is -0.396 e. The van der Waals surface area contributed by atoms with Gasteiger partial charge in [-0.1, -0.05) is 0 Å². The lowest BCUT2D eigenvalue weighted by Gasteiger charge is -2.40. The lowest BCUT2D eigenvalue weighted by atomic mass is 10.0. The molecule has 1 unspecified atom stereocenters. The van der Waals surface area contributed by atoms with Crippen molar-refractivity contribution < 1.29 is 4.79 Å². The van der Waals surface area contributed by atoms with E-state index in [9.17, 15) is 4.79 Å². The number of primary amides is 1. The van der Waals surface area contributed by atoms with Crippen LogP contribution in [0.5, 0.6) is 0 Å². The third-order valence-corrected chi connectivity index (χ3v) is 2.81. The van der Waals surface area contributed by atoms with Crippen LogP contribution >= 0.6 is 0 Å². The molecule has 1 aromatic heterocycles. The number of nitrogens with zero attached hydrogens (tertiary/aromatic N) is 2. The molecule has 1 aliphatic heterocycles. The molecule has 2 heterocycles. The first-order chi connectivity index (χ1) is 7.11. The highest BCUT2D eigenvalue weighted by atomic mass is 16.1.